The molecule has 0 aliphatic carbocycles. The van der Waals surface area contributed by atoms with E-state index in [0.717, 1.165) is 30.5 Å². The average Bonchev–Trinajstić information content (AvgIpc) is 2.96. The summed E-state index contributed by atoms with van der Waals surface area (Å²) in [6.07, 6.45) is 0.981. The van der Waals surface area contributed by atoms with Crippen molar-refractivity contribution in [1.29, 1.82) is 0 Å². The van der Waals surface area contributed by atoms with Gasteiger partial charge in [0.05, 0.1) is 6.04 Å². The number of methoxy groups -OCH3 is 1. The Bertz CT molecular complexity index is 423. The molecular formula is C11H18N4O2S. The summed E-state index contributed by atoms with van der Waals surface area (Å²) < 4.78 is 9.24. The summed E-state index contributed by atoms with van der Waals surface area (Å²) in [6.45, 7) is 3.80. The summed E-state index contributed by atoms with van der Waals surface area (Å²) in [5, 5.41) is 0.918. The van der Waals surface area contributed by atoms with E-state index in [2.05, 4.69) is 14.3 Å². The first-order valence-electron chi connectivity index (χ1n) is 5.91. The van der Waals surface area contributed by atoms with E-state index < -0.39 is 0 Å². The van der Waals surface area contributed by atoms with E-state index in [-0.39, 0.29) is 11.9 Å². The minimum atomic E-state index is 0.110. The summed E-state index contributed by atoms with van der Waals surface area (Å²) in [5.74, 6) is 0.833. The molecule has 18 heavy (non-hydrogen) atoms. The van der Waals surface area contributed by atoms with E-state index in [4.69, 9.17) is 4.74 Å². The van der Waals surface area contributed by atoms with E-state index in [0.29, 0.717) is 6.61 Å². The third-order valence-electron chi connectivity index (χ3n) is 3.21. The van der Waals surface area contributed by atoms with Crippen LogP contribution in [-0.2, 0) is 16.1 Å². The van der Waals surface area contributed by atoms with Crippen LogP contribution >= 0.6 is 11.5 Å². The Morgan fingerprint density at radius 1 is 1.67 bits per heavy atom. The van der Waals surface area contributed by atoms with Gasteiger partial charge in [-0.15, -0.1) is 0 Å². The second-order valence-electron chi connectivity index (χ2n) is 4.44. The first-order chi connectivity index (χ1) is 8.61. The number of likely N-dealkylation sites (N-methyl/N-ethyl adjacent to an activating group) is 1. The summed E-state index contributed by atoms with van der Waals surface area (Å²) in [5.41, 5.74) is 0. The molecule has 100 valence electrons. The number of aromatic nitrogens is 2. The first-order valence-corrected chi connectivity index (χ1v) is 6.69. The van der Waals surface area contributed by atoms with Gasteiger partial charge in [-0.3, -0.25) is 4.79 Å². The lowest BCUT2D eigenvalue weighted by molar-refractivity contribution is -0.129. The predicted octanol–water partition coefficient (Wildman–Crippen LogP) is 0.742. The number of amides is 1. The molecule has 0 bridgehead atoms. The highest BCUT2D eigenvalue weighted by Gasteiger charge is 2.28. The van der Waals surface area contributed by atoms with E-state index >= 15 is 0 Å². The fraction of sp³-hybridized carbons (Fsp3) is 0.727. The molecule has 6 nitrogen and oxygen atoms in total. The number of anilines is 1. The maximum absolute atomic E-state index is 11.3. The van der Waals surface area contributed by atoms with Crippen LogP contribution in [0.15, 0.2) is 0 Å². The van der Waals surface area contributed by atoms with Gasteiger partial charge in [-0.2, -0.15) is 4.37 Å². The molecule has 1 fully saturated rings. The highest BCUT2D eigenvalue weighted by Crippen LogP contribution is 2.24. The molecule has 0 N–H and O–H groups in total. The maximum atomic E-state index is 11.3. The topological polar surface area (TPSA) is 58.6 Å². The SMILES string of the molecule is COCc1nsc(N2CCC(N(C)C(C)=O)C2)n1. The Labute approximate surface area is 111 Å². The molecule has 1 amide bonds. The van der Waals surface area contributed by atoms with Gasteiger partial charge in [-0.05, 0) is 6.42 Å². The molecule has 0 spiro atoms. The number of carbonyl (C=O) groups is 1. The van der Waals surface area contributed by atoms with Gasteiger partial charge < -0.3 is 14.5 Å². The molecule has 1 aromatic heterocycles. The van der Waals surface area contributed by atoms with Crippen LogP contribution in [0.25, 0.3) is 0 Å². The van der Waals surface area contributed by atoms with Gasteiger partial charge in [-0.25, -0.2) is 4.98 Å². The second kappa shape index (κ2) is 5.62. The van der Waals surface area contributed by atoms with Crippen molar-refractivity contribution >= 4 is 22.6 Å². The average molecular weight is 270 g/mol. The lowest BCUT2D eigenvalue weighted by Crippen LogP contribution is -2.37. The van der Waals surface area contributed by atoms with Crippen LogP contribution in [0.3, 0.4) is 0 Å². The summed E-state index contributed by atoms with van der Waals surface area (Å²) in [6, 6.07) is 0.275. The normalized spacial score (nSPS) is 19.3. The number of rotatable bonds is 4. The van der Waals surface area contributed by atoms with Gasteiger partial charge in [0, 0.05) is 45.7 Å². The summed E-state index contributed by atoms with van der Waals surface area (Å²) >= 11 is 1.39. The Balaban J connectivity index is 1.97. The molecular weight excluding hydrogens is 252 g/mol. The Hall–Kier alpha value is -1.21. The minimum Gasteiger partial charge on any atom is -0.377 e. The minimum absolute atomic E-state index is 0.110. The molecule has 2 heterocycles. The predicted molar refractivity (Wildman–Crippen MR) is 69.7 cm³/mol. The van der Waals surface area contributed by atoms with Crippen molar-refractivity contribution < 1.29 is 9.53 Å². The highest BCUT2D eigenvalue weighted by atomic mass is 32.1. The van der Waals surface area contributed by atoms with Crippen molar-refractivity contribution in [3.63, 3.8) is 0 Å². The van der Waals surface area contributed by atoms with Gasteiger partial charge in [0.1, 0.15) is 6.61 Å². The van der Waals surface area contributed by atoms with Crippen LogP contribution in [0, 0.1) is 0 Å². The Kier molecular flexibility index (Phi) is 4.13. The van der Waals surface area contributed by atoms with Crippen LogP contribution in [0.2, 0.25) is 0 Å². The van der Waals surface area contributed by atoms with Crippen LogP contribution in [-0.4, -0.2) is 53.5 Å². The lowest BCUT2D eigenvalue weighted by Gasteiger charge is -2.23. The molecule has 7 heteroatoms. The van der Waals surface area contributed by atoms with Crippen molar-refractivity contribution in [1.82, 2.24) is 14.3 Å². The largest absolute Gasteiger partial charge is 0.377 e. The molecule has 1 aromatic rings. The second-order valence-corrected chi connectivity index (χ2v) is 5.17. The number of hydrogen-bond donors (Lipinski definition) is 0. The van der Waals surface area contributed by atoms with Crippen LogP contribution in [0.5, 0.6) is 0 Å². The monoisotopic (exact) mass is 270 g/mol. The zero-order chi connectivity index (χ0) is 13.1. The smallest absolute Gasteiger partial charge is 0.219 e. The number of nitrogens with zero attached hydrogens (tertiary/aromatic N) is 4. The van der Waals surface area contributed by atoms with Crippen molar-refractivity contribution in [2.75, 3.05) is 32.1 Å². The van der Waals surface area contributed by atoms with E-state index in [1.807, 2.05) is 7.05 Å². The van der Waals surface area contributed by atoms with E-state index in [1.54, 1.807) is 18.9 Å². The molecule has 2 rings (SSSR count). The lowest BCUT2D eigenvalue weighted by atomic mass is 10.2. The van der Waals surface area contributed by atoms with Crippen molar-refractivity contribution in [2.24, 2.45) is 0 Å². The summed E-state index contributed by atoms with van der Waals surface area (Å²) in [4.78, 5) is 19.7. The molecule has 1 saturated heterocycles. The van der Waals surface area contributed by atoms with Crippen LogP contribution in [0.4, 0.5) is 5.13 Å². The molecule has 1 unspecified atom stereocenters. The molecule has 0 aromatic carbocycles. The fourth-order valence-electron chi connectivity index (χ4n) is 2.05. The van der Waals surface area contributed by atoms with E-state index in [9.17, 15) is 4.79 Å². The van der Waals surface area contributed by atoms with Crippen molar-refractivity contribution in [3.05, 3.63) is 5.82 Å². The van der Waals surface area contributed by atoms with Gasteiger partial charge >= 0.3 is 0 Å². The zero-order valence-electron chi connectivity index (χ0n) is 10.9. The van der Waals surface area contributed by atoms with Gasteiger partial charge in [-0.1, -0.05) is 0 Å². The van der Waals surface area contributed by atoms with Gasteiger partial charge in [0.25, 0.3) is 0 Å². The third-order valence-corrected chi connectivity index (χ3v) is 4.02. The fourth-order valence-corrected chi connectivity index (χ4v) is 2.76. The van der Waals surface area contributed by atoms with Crippen molar-refractivity contribution in [2.45, 2.75) is 26.0 Å². The quantitative estimate of drug-likeness (QED) is 0.807. The van der Waals surface area contributed by atoms with Crippen LogP contribution in [0.1, 0.15) is 19.2 Å². The summed E-state index contributed by atoms with van der Waals surface area (Å²) in [7, 11) is 3.49. The molecule has 0 radical (unpaired) electrons. The van der Waals surface area contributed by atoms with Crippen molar-refractivity contribution in [3.8, 4) is 0 Å². The van der Waals surface area contributed by atoms with Crippen LogP contribution < -0.4 is 4.90 Å². The van der Waals surface area contributed by atoms with Gasteiger partial charge in [0.15, 0.2) is 5.82 Å². The number of hydrogen-bond acceptors (Lipinski definition) is 6. The van der Waals surface area contributed by atoms with Gasteiger partial charge in [0.2, 0.25) is 11.0 Å². The van der Waals surface area contributed by atoms with E-state index in [1.165, 1.54) is 11.5 Å². The first kappa shape index (κ1) is 13.2. The maximum Gasteiger partial charge on any atom is 0.219 e. The molecule has 0 saturated carbocycles. The zero-order valence-corrected chi connectivity index (χ0v) is 11.7. The molecule has 1 aliphatic rings. The Morgan fingerprint density at radius 3 is 3.11 bits per heavy atom. The highest BCUT2D eigenvalue weighted by molar-refractivity contribution is 7.09. The number of carbonyl (C=O) groups excluding carboxylic acids is 1. The standard InChI is InChI=1S/C11H18N4O2S/c1-8(16)14(2)9-4-5-15(6-9)11-12-10(7-17-3)13-18-11/h9H,4-7H2,1-3H3. The molecule has 1 aliphatic heterocycles. The number of ether oxygens (including phenoxy) is 1. The molecule has 1 atom stereocenters. The third kappa shape index (κ3) is 2.78. The Morgan fingerprint density at radius 2 is 2.44 bits per heavy atom.